The van der Waals surface area contributed by atoms with Gasteiger partial charge in [0.25, 0.3) is 0 Å². The Bertz CT molecular complexity index is 1120. The summed E-state index contributed by atoms with van der Waals surface area (Å²) in [5.41, 5.74) is 0.667. The van der Waals surface area contributed by atoms with E-state index in [1.165, 1.54) is 29.2 Å². The van der Waals surface area contributed by atoms with Crippen LogP contribution in [0.5, 0.6) is 0 Å². The maximum Gasteiger partial charge on any atom is 0.244 e. The number of halogens is 4. The van der Waals surface area contributed by atoms with Gasteiger partial charge in [0.15, 0.2) is 0 Å². The molecule has 2 aromatic carbocycles. The molecule has 33 heavy (non-hydrogen) atoms. The second-order valence-electron chi connectivity index (χ2n) is 7.23. The molecule has 180 valence electrons. The molecule has 0 aliphatic rings. The third-order valence-electron chi connectivity index (χ3n) is 4.69. The molecule has 0 fully saturated rings. The number of hydrogen-bond acceptors (Lipinski definition) is 4. The number of carbonyl (C=O) groups is 2. The SMILES string of the molecule is CCNC(=O)[C@H](C)N(Cc1ccc(Cl)cc1Cl)C(=O)CN(c1cc(Cl)cc(Cl)c1)S(C)(=O)=O. The van der Waals surface area contributed by atoms with E-state index in [0.717, 1.165) is 10.6 Å². The van der Waals surface area contributed by atoms with E-state index in [4.69, 9.17) is 46.4 Å². The van der Waals surface area contributed by atoms with Crippen molar-refractivity contribution in [1.29, 1.82) is 0 Å². The average molecular weight is 555 g/mol. The second kappa shape index (κ2) is 11.6. The molecule has 0 aliphatic carbocycles. The number of hydrogen-bond donors (Lipinski definition) is 1. The summed E-state index contributed by atoms with van der Waals surface area (Å²) in [6.07, 6.45) is 0.961. The largest absolute Gasteiger partial charge is 0.355 e. The van der Waals surface area contributed by atoms with Crippen molar-refractivity contribution in [2.75, 3.05) is 23.7 Å². The fourth-order valence-electron chi connectivity index (χ4n) is 3.03. The van der Waals surface area contributed by atoms with Gasteiger partial charge in [0, 0.05) is 33.2 Å². The van der Waals surface area contributed by atoms with Crippen LogP contribution >= 0.6 is 46.4 Å². The highest BCUT2D eigenvalue weighted by Crippen LogP contribution is 2.28. The number of benzene rings is 2. The molecule has 0 saturated carbocycles. The van der Waals surface area contributed by atoms with Crippen LogP contribution in [0.2, 0.25) is 20.1 Å². The molecule has 0 radical (unpaired) electrons. The third-order valence-corrected chi connectivity index (χ3v) is 6.85. The fourth-order valence-corrected chi connectivity index (χ4v) is 4.85. The Hall–Kier alpha value is -1.71. The molecule has 12 heteroatoms. The molecule has 0 bridgehead atoms. The van der Waals surface area contributed by atoms with Gasteiger partial charge in [-0.15, -0.1) is 0 Å². The number of nitrogens with one attached hydrogen (secondary N) is 1. The van der Waals surface area contributed by atoms with Gasteiger partial charge in [-0.05, 0) is 49.7 Å². The van der Waals surface area contributed by atoms with Crippen LogP contribution in [0.25, 0.3) is 0 Å². The van der Waals surface area contributed by atoms with E-state index < -0.39 is 34.4 Å². The minimum absolute atomic E-state index is 0.0406. The Kier molecular flexibility index (Phi) is 9.70. The van der Waals surface area contributed by atoms with Gasteiger partial charge in [-0.1, -0.05) is 52.5 Å². The molecule has 2 aromatic rings. The van der Waals surface area contributed by atoms with Gasteiger partial charge in [-0.2, -0.15) is 0 Å². The molecule has 0 unspecified atom stereocenters. The van der Waals surface area contributed by atoms with Gasteiger partial charge in [0.1, 0.15) is 12.6 Å². The molecule has 1 atom stereocenters. The lowest BCUT2D eigenvalue weighted by Crippen LogP contribution is -2.51. The molecule has 2 rings (SSSR count). The third kappa shape index (κ3) is 7.65. The Morgan fingerprint density at radius 1 is 1.00 bits per heavy atom. The zero-order chi connectivity index (χ0) is 24.9. The van der Waals surface area contributed by atoms with Crippen molar-refractivity contribution >= 4 is 73.9 Å². The first-order chi connectivity index (χ1) is 15.3. The Morgan fingerprint density at radius 3 is 2.12 bits per heavy atom. The average Bonchev–Trinajstić information content (AvgIpc) is 2.69. The predicted molar refractivity (Wildman–Crippen MR) is 134 cm³/mol. The van der Waals surface area contributed by atoms with E-state index in [2.05, 4.69) is 5.32 Å². The number of carbonyl (C=O) groups excluding carboxylic acids is 2. The predicted octanol–water partition coefficient (Wildman–Crippen LogP) is 4.62. The molecule has 7 nitrogen and oxygen atoms in total. The van der Waals surface area contributed by atoms with Crippen LogP contribution in [0.3, 0.4) is 0 Å². The van der Waals surface area contributed by atoms with Crippen LogP contribution < -0.4 is 9.62 Å². The van der Waals surface area contributed by atoms with E-state index in [1.54, 1.807) is 26.0 Å². The Morgan fingerprint density at radius 2 is 1.61 bits per heavy atom. The van der Waals surface area contributed by atoms with Gasteiger partial charge in [0.2, 0.25) is 21.8 Å². The van der Waals surface area contributed by atoms with Crippen molar-refractivity contribution in [3.05, 3.63) is 62.1 Å². The maximum absolute atomic E-state index is 13.4. The first-order valence-electron chi connectivity index (χ1n) is 9.78. The van der Waals surface area contributed by atoms with Crippen molar-refractivity contribution in [3.63, 3.8) is 0 Å². The summed E-state index contributed by atoms with van der Waals surface area (Å²) in [6.45, 7) is 3.05. The molecule has 2 amide bonds. The second-order valence-corrected chi connectivity index (χ2v) is 10.8. The summed E-state index contributed by atoms with van der Waals surface area (Å²) in [4.78, 5) is 27.2. The zero-order valence-electron chi connectivity index (χ0n) is 18.1. The van der Waals surface area contributed by atoms with E-state index in [-0.39, 0.29) is 22.3 Å². The number of sulfonamides is 1. The molecule has 0 aromatic heterocycles. The quantitative estimate of drug-likeness (QED) is 0.490. The highest BCUT2D eigenvalue weighted by Gasteiger charge is 2.30. The molecule has 0 heterocycles. The monoisotopic (exact) mass is 553 g/mol. The van der Waals surface area contributed by atoms with Gasteiger partial charge in [0.05, 0.1) is 11.9 Å². The summed E-state index contributed by atoms with van der Waals surface area (Å²) in [6, 6.07) is 8.08. The zero-order valence-corrected chi connectivity index (χ0v) is 22.0. The Labute approximate surface area is 213 Å². The lowest BCUT2D eigenvalue weighted by Gasteiger charge is -2.31. The first kappa shape index (κ1) is 27.5. The minimum Gasteiger partial charge on any atom is -0.355 e. The number of rotatable bonds is 9. The van der Waals surface area contributed by atoms with Crippen molar-refractivity contribution in [3.8, 4) is 0 Å². The smallest absolute Gasteiger partial charge is 0.244 e. The minimum atomic E-state index is -3.90. The molecule has 0 spiro atoms. The van der Waals surface area contributed by atoms with Crippen LogP contribution in [-0.2, 0) is 26.2 Å². The number of nitrogens with zero attached hydrogens (tertiary/aromatic N) is 2. The van der Waals surface area contributed by atoms with E-state index in [9.17, 15) is 18.0 Å². The lowest BCUT2D eigenvalue weighted by atomic mass is 10.1. The van der Waals surface area contributed by atoms with Crippen LogP contribution in [0.4, 0.5) is 5.69 Å². The first-order valence-corrected chi connectivity index (χ1v) is 13.1. The Balaban J connectivity index is 2.45. The van der Waals surface area contributed by atoms with Crippen molar-refractivity contribution < 1.29 is 18.0 Å². The van der Waals surface area contributed by atoms with E-state index >= 15 is 0 Å². The van der Waals surface area contributed by atoms with Gasteiger partial charge < -0.3 is 10.2 Å². The highest BCUT2D eigenvalue weighted by atomic mass is 35.5. The van der Waals surface area contributed by atoms with Crippen molar-refractivity contribution in [2.24, 2.45) is 0 Å². The maximum atomic E-state index is 13.4. The summed E-state index contributed by atoms with van der Waals surface area (Å²) in [5.74, 6) is -1.02. The van der Waals surface area contributed by atoms with Crippen LogP contribution in [-0.4, -0.2) is 50.5 Å². The molecule has 1 N–H and O–H groups in total. The van der Waals surface area contributed by atoms with Crippen LogP contribution in [0, 0.1) is 0 Å². The van der Waals surface area contributed by atoms with Crippen LogP contribution in [0.15, 0.2) is 36.4 Å². The highest BCUT2D eigenvalue weighted by molar-refractivity contribution is 7.92. The number of anilines is 1. The summed E-state index contributed by atoms with van der Waals surface area (Å²) < 4.78 is 25.9. The van der Waals surface area contributed by atoms with Crippen LogP contribution in [0.1, 0.15) is 19.4 Å². The van der Waals surface area contributed by atoms with Gasteiger partial charge in [-0.25, -0.2) is 8.42 Å². The molecular formula is C21H23Cl4N3O4S. The normalized spacial score (nSPS) is 12.2. The van der Waals surface area contributed by atoms with E-state index in [0.29, 0.717) is 22.2 Å². The number of amides is 2. The lowest BCUT2D eigenvalue weighted by molar-refractivity contribution is -0.139. The summed E-state index contributed by atoms with van der Waals surface area (Å²) in [7, 11) is -3.90. The topological polar surface area (TPSA) is 86.8 Å². The van der Waals surface area contributed by atoms with Crippen molar-refractivity contribution in [2.45, 2.75) is 26.4 Å². The molecule has 0 saturated heterocycles. The fraction of sp³-hybridized carbons (Fsp3) is 0.333. The molecule has 0 aliphatic heterocycles. The molecular weight excluding hydrogens is 532 g/mol. The summed E-state index contributed by atoms with van der Waals surface area (Å²) in [5, 5.41) is 3.81. The van der Waals surface area contributed by atoms with E-state index in [1.807, 2.05) is 0 Å². The standard InChI is InChI=1S/C21H23Cl4N3O4S/c1-4-26-21(30)13(2)27(11-14-5-6-15(22)10-19(14)25)20(29)12-28(33(3,31)32)18-8-16(23)7-17(24)9-18/h5-10,13H,4,11-12H2,1-3H3,(H,26,30)/t13-/m0/s1. The number of likely N-dealkylation sites (N-methyl/N-ethyl adjacent to an activating group) is 1. The van der Waals surface area contributed by atoms with Crippen molar-refractivity contribution in [1.82, 2.24) is 10.2 Å². The van der Waals surface area contributed by atoms with Gasteiger partial charge in [-0.3, -0.25) is 13.9 Å². The summed E-state index contributed by atoms with van der Waals surface area (Å²) >= 11 is 24.3. The van der Waals surface area contributed by atoms with Gasteiger partial charge >= 0.3 is 0 Å².